The lowest BCUT2D eigenvalue weighted by Crippen LogP contribution is -2.47. The highest BCUT2D eigenvalue weighted by Gasteiger charge is 2.23. The molecule has 126 valence electrons. The number of rotatable bonds is 4. The maximum Gasteiger partial charge on any atom is 0.150 e. The number of carbonyl (C=O) groups is 1. The molecule has 1 aliphatic heterocycles. The summed E-state index contributed by atoms with van der Waals surface area (Å²) in [4.78, 5) is 16.0. The molecule has 1 saturated heterocycles. The van der Waals surface area contributed by atoms with E-state index in [2.05, 4.69) is 60.9 Å². The molecular weight excluding hydrogens is 296 g/mol. The number of hydrogen-bond acceptors (Lipinski definition) is 3. The number of nitrogens with zero attached hydrogens (tertiary/aromatic N) is 2. The van der Waals surface area contributed by atoms with E-state index >= 15 is 0 Å². The smallest absolute Gasteiger partial charge is 0.150 e. The summed E-state index contributed by atoms with van der Waals surface area (Å²) in [7, 11) is 0. The zero-order valence-corrected chi connectivity index (χ0v) is 14.8. The number of benzene rings is 2. The molecule has 1 aliphatic rings. The van der Waals surface area contributed by atoms with E-state index in [0.717, 1.165) is 38.0 Å². The van der Waals surface area contributed by atoms with Crippen LogP contribution in [0.2, 0.25) is 0 Å². The van der Waals surface area contributed by atoms with Gasteiger partial charge in [-0.3, -0.25) is 9.69 Å². The highest BCUT2D eigenvalue weighted by molar-refractivity contribution is 5.78. The van der Waals surface area contributed by atoms with Crippen LogP contribution in [-0.4, -0.2) is 37.4 Å². The third-order valence-corrected chi connectivity index (χ3v) is 5.11. The number of hydrogen-bond donors (Lipinski definition) is 0. The average molecular weight is 322 g/mol. The standard InChI is InChI=1S/C21H26N2O/c1-16-13-19(15-24)14-17(2)21(16)23-11-9-22(10-12-23)18(3)20-7-5-4-6-8-20/h4-8,13-15,18H,9-12H2,1-3H3. The van der Waals surface area contributed by atoms with Gasteiger partial charge in [-0.05, 0) is 49.6 Å². The summed E-state index contributed by atoms with van der Waals surface area (Å²) >= 11 is 0. The number of aryl methyl sites for hydroxylation is 2. The van der Waals surface area contributed by atoms with Crippen molar-refractivity contribution in [1.29, 1.82) is 0 Å². The first-order valence-corrected chi connectivity index (χ1v) is 8.70. The van der Waals surface area contributed by atoms with Crippen molar-refractivity contribution in [2.45, 2.75) is 26.8 Å². The molecule has 0 aliphatic carbocycles. The Bertz CT molecular complexity index is 680. The van der Waals surface area contributed by atoms with Crippen LogP contribution in [-0.2, 0) is 0 Å². The lowest BCUT2D eigenvalue weighted by Gasteiger charge is -2.40. The molecule has 3 rings (SSSR count). The number of aldehydes is 1. The average Bonchev–Trinajstić information content (AvgIpc) is 2.61. The first-order chi connectivity index (χ1) is 11.6. The van der Waals surface area contributed by atoms with Gasteiger partial charge >= 0.3 is 0 Å². The summed E-state index contributed by atoms with van der Waals surface area (Å²) in [6.07, 6.45) is 0.934. The molecule has 24 heavy (non-hydrogen) atoms. The molecule has 3 nitrogen and oxygen atoms in total. The SMILES string of the molecule is Cc1cc(C=O)cc(C)c1N1CCN(C(C)c2ccccc2)CC1. The Balaban J connectivity index is 1.70. The lowest BCUT2D eigenvalue weighted by molar-refractivity contribution is 0.112. The van der Waals surface area contributed by atoms with Gasteiger partial charge in [-0.2, -0.15) is 0 Å². The molecule has 0 bridgehead atoms. The minimum Gasteiger partial charge on any atom is -0.369 e. The first-order valence-electron chi connectivity index (χ1n) is 8.70. The quantitative estimate of drug-likeness (QED) is 0.795. The lowest BCUT2D eigenvalue weighted by atomic mass is 10.0. The highest BCUT2D eigenvalue weighted by Crippen LogP contribution is 2.29. The first kappa shape index (κ1) is 16.7. The van der Waals surface area contributed by atoms with Gasteiger partial charge in [-0.1, -0.05) is 30.3 Å². The minimum absolute atomic E-state index is 0.452. The van der Waals surface area contributed by atoms with Crippen LogP contribution >= 0.6 is 0 Å². The highest BCUT2D eigenvalue weighted by atomic mass is 16.1. The van der Waals surface area contributed by atoms with E-state index in [-0.39, 0.29) is 0 Å². The van der Waals surface area contributed by atoms with Crippen molar-refractivity contribution in [2.75, 3.05) is 31.1 Å². The van der Waals surface area contributed by atoms with E-state index in [1.54, 1.807) is 0 Å². The zero-order valence-electron chi connectivity index (χ0n) is 14.8. The van der Waals surface area contributed by atoms with Gasteiger partial charge in [0.15, 0.2) is 0 Å². The molecular formula is C21H26N2O. The molecule has 2 aromatic rings. The zero-order chi connectivity index (χ0) is 17.1. The van der Waals surface area contributed by atoms with Crippen LogP contribution in [0.25, 0.3) is 0 Å². The molecule has 0 N–H and O–H groups in total. The summed E-state index contributed by atoms with van der Waals surface area (Å²) in [5.74, 6) is 0. The summed E-state index contributed by atoms with van der Waals surface area (Å²) in [6.45, 7) is 10.7. The fourth-order valence-corrected chi connectivity index (χ4v) is 3.83. The fraction of sp³-hybridized carbons (Fsp3) is 0.381. The van der Waals surface area contributed by atoms with E-state index in [1.807, 2.05) is 12.1 Å². The van der Waals surface area contributed by atoms with Crippen molar-refractivity contribution in [1.82, 2.24) is 4.90 Å². The normalized spacial score (nSPS) is 16.9. The van der Waals surface area contributed by atoms with Gasteiger partial charge < -0.3 is 4.90 Å². The predicted octanol–water partition coefficient (Wildman–Crippen LogP) is 4.00. The molecule has 1 fully saturated rings. The molecule has 3 heteroatoms. The monoisotopic (exact) mass is 322 g/mol. The van der Waals surface area contributed by atoms with E-state index in [0.29, 0.717) is 6.04 Å². The Morgan fingerprint density at radius 3 is 2.08 bits per heavy atom. The van der Waals surface area contributed by atoms with Crippen molar-refractivity contribution >= 4 is 12.0 Å². The molecule has 1 heterocycles. The van der Waals surface area contributed by atoms with Crippen LogP contribution < -0.4 is 4.90 Å². The number of anilines is 1. The van der Waals surface area contributed by atoms with Crippen LogP contribution in [0.3, 0.4) is 0 Å². The Hall–Kier alpha value is -2.13. The molecule has 0 spiro atoms. The predicted molar refractivity (Wildman–Crippen MR) is 99.9 cm³/mol. The van der Waals surface area contributed by atoms with Crippen molar-refractivity contribution in [3.05, 3.63) is 64.7 Å². The third-order valence-electron chi connectivity index (χ3n) is 5.11. The minimum atomic E-state index is 0.452. The van der Waals surface area contributed by atoms with Gasteiger partial charge in [0.05, 0.1) is 0 Å². The van der Waals surface area contributed by atoms with E-state index in [4.69, 9.17) is 0 Å². The Morgan fingerprint density at radius 2 is 1.54 bits per heavy atom. The molecule has 1 unspecified atom stereocenters. The van der Waals surface area contributed by atoms with E-state index in [1.165, 1.54) is 22.4 Å². The number of piperazine rings is 1. The van der Waals surface area contributed by atoms with Crippen LogP contribution in [0.5, 0.6) is 0 Å². The Kier molecular flexibility index (Phi) is 5.00. The second-order valence-corrected chi connectivity index (χ2v) is 6.73. The van der Waals surface area contributed by atoms with Crippen molar-refractivity contribution in [3.8, 4) is 0 Å². The van der Waals surface area contributed by atoms with Crippen molar-refractivity contribution in [2.24, 2.45) is 0 Å². The van der Waals surface area contributed by atoms with Gasteiger partial charge in [0, 0.05) is 43.5 Å². The third kappa shape index (κ3) is 3.36. The van der Waals surface area contributed by atoms with Gasteiger partial charge in [0.1, 0.15) is 6.29 Å². The maximum absolute atomic E-state index is 11.0. The second-order valence-electron chi connectivity index (χ2n) is 6.73. The molecule has 0 amide bonds. The van der Waals surface area contributed by atoms with E-state index < -0.39 is 0 Å². The molecule has 0 saturated carbocycles. The number of carbonyl (C=O) groups excluding carboxylic acids is 1. The summed E-state index contributed by atoms with van der Waals surface area (Å²) < 4.78 is 0. The van der Waals surface area contributed by atoms with Gasteiger partial charge in [0.2, 0.25) is 0 Å². The topological polar surface area (TPSA) is 23.6 Å². The van der Waals surface area contributed by atoms with Crippen molar-refractivity contribution in [3.63, 3.8) is 0 Å². The largest absolute Gasteiger partial charge is 0.369 e. The van der Waals surface area contributed by atoms with Crippen LogP contribution in [0.4, 0.5) is 5.69 Å². The second kappa shape index (κ2) is 7.18. The fourth-order valence-electron chi connectivity index (χ4n) is 3.83. The summed E-state index contributed by atoms with van der Waals surface area (Å²) in [5, 5.41) is 0. The molecule has 1 atom stereocenters. The van der Waals surface area contributed by atoms with Gasteiger partial charge in [-0.25, -0.2) is 0 Å². The van der Waals surface area contributed by atoms with Crippen LogP contribution in [0, 0.1) is 13.8 Å². The van der Waals surface area contributed by atoms with Gasteiger partial charge in [0.25, 0.3) is 0 Å². The Labute approximate surface area is 144 Å². The van der Waals surface area contributed by atoms with Crippen molar-refractivity contribution < 1.29 is 4.79 Å². The Morgan fingerprint density at radius 1 is 0.958 bits per heavy atom. The van der Waals surface area contributed by atoms with Crippen LogP contribution in [0.1, 0.15) is 40.0 Å². The van der Waals surface area contributed by atoms with E-state index in [9.17, 15) is 4.79 Å². The van der Waals surface area contributed by atoms with Gasteiger partial charge in [-0.15, -0.1) is 0 Å². The van der Waals surface area contributed by atoms with Crippen LogP contribution in [0.15, 0.2) is 42.5 Å². The molecule has 0 aromatic heterocycles. The maximum atomic E-state index is 11.0. The molecule has 0 radical (unpaired) electrons. The summed E-state index contributed by atoms with van der Waals surface area (Å²) in [5.41, 5.74) is 5.84. The summed E-state index contributed by atoms with van der Waals surface area (Å²) in [6, 6.07) is 15.2. The molecule has 2 aromatic carbocycles.